The van der Waals surface area contributed by atoms with Gasteiger partial charge in [-0.25, -0.2) is 0 Å². The van der Waals surface area contributed by atoms with Crippen LogP contribution in [0.15, 0.2) is 0 Å². The third-order valence-electron chi connectivity index (χ3n) is 4.01. The molecule has 1 saturated heterocycles. The second kappa shape index (κ2) is 5.98. The van der Waals surface area contributed by atoms with Crippen LogP contribution in [0.5, 0.6) is 0 Å². The van der Waals surface area contributed by atoms with Crippen molar-refractivity contribution in [2.75, 3.05) is 6.54 Å². The Morgan fingerprint density at radius 3 is 1.95 bits per heavy atom. The molecule has 1 aliphatic rings. The second-order valence-corrected chi connectivity index (χ2v) is 8.79. The highest BCUT2D eigenvalue weighted by Crippen LogP contribution is 2.32. The fourth-order valence-corrected chi connectivity index (χ4v) is 2.80. The normalized spacial score (nSPS) is 24.5. The van der Waals surface area contributed by atoms with Crippen molar-refractivity contribution in [3.05, 3.63) is 0 Å². The van der Waals surface area contributed by atoms with E-state index in [2.05, 4.69) is 19.2 Å². The third-order valence-corrected chi connectivity index (χ3v) is 4.01. The van der Waals surface area contributed by atoms with E-state index in [1.54, 1.807) is 0 Å². The van der Waals surface area contributed by atoms with Crippen molar-refractivity contribution in [2.45, 2.75) is 73.9 Å². The first-order valence-corrected chi connectivity index (χ1v) is 7.96. The van der Waals surface area contributed by atoms with Gasteiger partial charge in [0.2, 0.25) is 11.8 Å². The lowest BCUT2D eigenvalue weighted by molar-refractivity contribution is -0.157. The fraction of sp³-hybridized carbons (Fsp3) is 0.882. The fourth-order valence-electron chi connectivity index (χ4n) is 2.80. The summed E-state index contributed by atoms with van der Waals surface area (Å²) >= 11 is 0. The molecule has 1 aliphatic heterocycles. The molecule has 4 nitrogen and oxygen atoms in total. The van der Waals surface area contributed by atoms with E-state index in [0.717, 1.165) is 6.42 Å². The monoisotopic (exact) mass is 296 g/mol. The molecule has 1 fully saturated rings. The van der Waals surface area contributed by atoms with Crippen LogP contribution in [0, 0.1) is 16.7 Å². The third kappa shape index (κ3) is 4.21. The molecular weight excluding hydrogens is 264 g/mol. The Hall–Kier alpha value is -1.06. The Balaban J connectivity index is 3.11. The van der Waals surface area contributed by atoms with Crippen LogP contribution in [-0.2, 0) is 9.59 Å². The van der Waals surface area contributed by atoms with Gasteiger partial charge in [-0.05, 0) is 23.2 Å². The molecule has 1 N–H and O–H groups in total. The quantitative estimate of drug-likeness (QED) is 0.870. The van der Waals surface area contributed by atoms with Crippen molar-refractivity contribution < 1.29 is 9.59 Å². The first-order chi connectivity index (χ1) is 9.35. The van der Waals surface area contributed by atoms with Crippen LogP contribution >= 0.6 is 0 Å². The van der Waals surface area contributed by atoms with Crippen molar-refractivity contribution >= 4 is 11.8 Å². The Morgan fingerprint density at radius 2 is 1.57 bits per heavy atom. The standard InChI is InChI=1S/C17H32N2O2/c1-11(2)9-10-19-13(17(6,7)8)14(20)18-12(15(19)21)16(3,4)5/h11-13H,9-10H2,1-8H3,(H,18,20). The minimum Gasteiger partial charge on any atom is -0.342 e. The van der Waals surface area contributed by atoms with Crippen molar-refractivity contribution in [2.24, 2.45) is 16.7 Å². The number of carbonyl (C=O) groups excluding carboxylic acids is 2. The van der Waals surface area contributed by atoms with Gasteiger partial charge in [0.25, 0.3) is 0 Å². The average Bonchev–Trinajstić information content (AvgIpc) is 2.25. The summed E-state index contributed by atoms with van der Waals surface area (Å²) in [6, 6.07) is -0.821. The van der Waals surface area contributed by atoms with Crippen LogP contribution in [-0.4, -0.2) is 35.3 Å². The molecule has 0 aromatic carbocycles. The van der Waals surface area contributed by atoms with Gasteiger partial charge in [0, 0.05) is 6.54 Å². The number of hydrogen-bond donors (Lipinski definition) is 1. The van der Waals surface area contributed by atoms with Crippen molar-refractivity contribution in [1.29, 1.82) is 0 Å². The number of nitrogens with zero attached hydrogens (tertiary/aromatic N) is 1. The maximum atomic E-state index is 12.9. The first-order valence-electron chi connectivity index (χ1n) is 7.96. The number of amides is 2. The maximum Gasteiger partial charge on any atom is 0.246 e. The van der Waals surface area contributed by atoms with E-state index >= 15 is 0 Å². The molecule has 0 radical (unpaired) electrons. The number of hydrogen-bond acceptors (Lipinski definition) is 2. The zero-order valence-electron chi connectivity index (χ0n) is 14.9. The van der Waals surface area contributed by atoms with Crippen LogP contribution in [0.1, 0.15) is 61.8 Å². The second-order valence-electron chi connectivity index (χ2n) is 8.79. The Morgan fingerprint density at radius 1 is 1.05 bits per heavy atom. The van der Waals surface area contributed by atoms with Gasteiger partial charge in [0.1, 0.15) is 12.1 Å². The molecule has 21 heavy (non-hydrogen) atoms. The van der Waals surface area contributed by atoms with Crippen LogP contribution in [0.4, 0.5) is 0 Å². The molecular formula is C17H32N2O2. The zero-order valence-corrected chi connectivity index (χ0v) is 14.9. The van der Waals surface area contributed by atoms with Crippen LogP contribution < -0.4 is 5.32 Å². The average molecular weight is 296 g/mol. The molecule has 2 amide bonds. The molecule has 2 unspecified atom stereocenters. The Kier molecular flexibility index (Phi) is 5.12. The van der Waals surface area contributed by atoms with Crippen molar-refractivity contribution in [3.8, 4) is 0 Å². The van der Waals surface area contributed by atoms with E-state index in [1.165, 1.54) is 0 Å². The topological polar surface area (TPSA) is 49.4 Å². The lowest BCUT2D eigenvalue weighted by atomic mass is 9.78. The Labute approximate surface area is 129 Å². The molecule has 0 aliphatic carbocycles. The maximum absolute atomic E-state index is 12.9. The smallest absolute Gasteiger partial charge is 0.246 e. The van der Waals surface area contributed by atoms with Gasteiger partial charge in [-0.1, -0.05) is 55.4 Å². The van der Waals surface area contributed by atoms with Gasteiger partial charge in [0.05, 0.1) is 0 Å². The summed E-state index contributed by atoms with van der Waals surface area (Å²) in [6.45, 7) is 17.0. The van der Waals surface area contributed by atoms with E-state index in [-0.39, 0.29) is 28.7 Å². The molecule has 0 spiro atoms. The molecule has 122 valence electrons. The van der Waals surface area contributed by atoms with Gasteiger partial charge >= 0.3 is 0 Å². The van der Waals surface area contributed by atoms with Crippen LogP contribution in [0.3, 0.4) is 0 Å². The molecule has 1 heterocycles. The summed E-state index contributed by atoms with van der Waals surface area (Å²) in [6.07, 6.45) is 0.919. The highest BCUT2D eigenvalue weighted by Gasteiger charge is 2.48. The first kappa shape index (κ1) is 18.0. The van der Waals surface area contributed by atoms with Gasteiger partial charge in [-0.3, -0.25) is 9.59 Å². The SMILES string of the molecule is CC(C)CCN1C(=O)C(C(C)(C)C)NC(=O)C1C(C)(C)C. The Bertz CT molecular complexity index is 402. The van der Waals surface area contributed by atoms with Gasteiger partial charge in [-0.2, -0.15) is 0 Å². The van der Waals surface area contributed by atoms with Gasteiger partial charge < -0.3 is 10.2 Å². The molecule has 0 saturated carbocycles. The van der Waals surface area contributed by atoms with E-state index in [4.69, 9.17) is 0 Å². The minimum atomic E-state index is -0.434. The predicted molar refractivity (Wildman–Crippen MR) is 85.8 cm³/mol. The number of rotatable bonds is 3. The largest absolute Gasteiger partial charge is 0.342 e. The van der Waals surface area contributed by atoms with Crippen LogP contribution in [0.25, 0.3) is 0 Å². The molecule has 2 atom stereocenters. The number of nitrogens with one attached hydrogen (secondary N) is 1. The highest BCUT2D eigenvalue weighted by molar-refractivity contribution is 5.97. The lowest BCUT2D eigenvalue weighted by Gasteiger charge is -2.47. The van der Waals surface area contributed by atoms with E-state index in [1.807, 2.05) is 46.4 Å². The summed E-state index contributed by atoms with van der Waals surface area (Å²) in [4.78, 5) is 27.3. The van der Waals surface area contributed by atoms with E-state index in [9.17, 15) is 9.59 Å². The molecule has 0 aromatic rings. The summed E-state index contributed by atoms with van der Waals surface area (Å²) in [5, 5.41) is 2.95. The lowest BCUT2D eigenvalue weighted by Crippen LogP contribution is -2.69. The van der Waals surface area contributed by atoms with Crippen molar-refractivity contribution in [3.63, 3.8) is 0 Å². The summed E-state index contributed by atoms with van der Waals surface area (Å²) in [7, 11) is 0. The molecule has 1 rings (SSSR count). The van der Waals surface area contributed by atoms with Gasteiger partial charge in [-0.15, -0.1) is 0 Å². The number of piperazine rings is 1. The van der Waals surface area contributed by atoms with Gasteiger partial charge in [0.15, 0.2) is 0 Å². The number of carbonyl (C=O) groups is 2. The molecule has 0 bridgehead atoms. The highest BCUT2D eigenvalue weighted by atomic mass is 16.2. The summed E-state index contributed by atoms with van der Waals surface area (Å²) in [5.74, 6) is 0.546. The minimum absolute atomic E-state index is 0.0224. The van der Waals surface area contributed by atoms with Crippen LogP contribution in [0.2, 0.25) is 0 Å². The van der Waals surface area contributed by atoms with E-state index in [0.29, 0.717) is 12.5 Å². The van der Waals surface area contributed by atoms with E-state index < -0.39 is 6.04 Å². The zero-order chi connectivity index (χ0) is 16.6. The predicted octanol–water partition coefficient (Wildman–Crippen LogP) is 2.82. The molecule has 0 aromatic heterocycles. The molecule has 4 heteroatoms. The summed E-state index contributed by atoms with van der Waals surface area (Å²) in [5.41, 5.74) is -0.536. The summed E-state index contributed by atoms with van der Waals surface area (Å²) < 4.78 is 0. The van der Waals surface area contributed by atoms with Crippen molar-refractivity contribution in [1.82, 2.24) is 10.2 Å².